The first-order chi connectivity index (χ1) is 7.80. The molecule has 0 amide bonds. The largest absolute Gasteiger partial charge is 0.497 e. The van der Waals surface area contributed by atoms with E-state index in [9.17, 15) is 21.6 Å². The zero-order valence-corrected chi connectivity index (χ0v) is 9.94. The number of alkyl halides is 3. The zero-order valence-electron chi connectivity index (χ0n) is 9.13. The Bertz CT molecular complexity index is 493. The van der Waals surface area contributed by atoms with Gasteiger partial charge in [0.1, 0.15) is 0 Å². The van der Waals surface area contributed by atoms with Crippen molar-refractivity contribution in [2.45, 2.75) is 42.4 Å². The highest BCUT2D eigenvalue weighted by molar-refractivity contribution is 7.94. The van der Waals surface area contributed by atoms with Crippen LogP contribution in [0.3, 0.4) is 0 Å². The number of halogens is 3. The van der Waals surface area contributed by atoms with Gasteiger partial charge in [-0.05, 0) is 31.6 Å². The molecule has 2 saturated carbocycles. The minimum atomic E-state index is -5.12. The summed E-state index contributed by atoms with van der Waals surface area (Å²) in [5.41, 5.74) is -5.81. The fourth-order valence-electron chi connectivity index (χ4n) is 4.27. The summed E-state index contributed by atoms with van der Waals surface area (Å²) in [6.07, 6.45) is 6.20. The van der Waals surface area contributed by atoms with E-state index in [0.29, 0.717) is 25.7 Å². The Morgan fingerprint density at radius 1 is 1.24 bits per heavy atom. The van der Waals surface area contributed by atoms with Crippen molar-refractivity contribution in [3.05, 3.63) is 12.2 Å². The van der Waals surface area contributed by atoms with Crippen LogP contribution in [0.1, 0.15) is 32.1 Å². The standard InChI is InChI=1S/C11H13F3O2S/c12-11(13,14)17(15,16)10-7-3-4-8(10)9(10)5-1-2-6-9/h1,5,8H,2-4,6-7H2/t8-,9?,10+/m1/s1. The second-order valence-electron chi connectivity index (χ2n) is 5.26. The number of rotatable bonds is 1. The molecular weight excluding hydrogens is 253 g/mol. The van der Waals surface area contributed by atoms with Gasteiger partial charge in [-0.1, -0.05) is 18.6 Å². The minimum absolute atomic E-state index is 0.170. The maximum atomic E-state index is 12.8. The lowest BCUT2D eigenvalue weighted by molar-refractivity contribution is -0.0452. The number of hydrogen-bond acceptors (Lipinski definition) is 2. The molecule has 3 atom stereocenters. The molecule has 0 radical (unpaired) electrons. The average Bonchev–Trinajstić information content (AvgIpc) is 2.63. The highest BCUT2D eigenvalue weighted by atomic mass is 32.2. The van der Waals surface area contributed by atoms with E-state index in [1.54, 1.807) is 6.08 Å². The van der Waals surface area contributed by atoms with Crippen LogP contribution in [0.2, 0.25) is 0 Å². The van der Waals surface area contributed by atoms with Crippen molar-refractivity contribution in [3.63, 3.8) is 0 Å². The van der Waals surface area contributed by atoms with Crippen molar-refractivity contribution in [1.29, 1.82) is 0 Å². The van der Waals surface area contributed by atoms with Crippen molar-refractivity contribution >= 4 is 9.84 Å². The maximum Gasteiger partial charge on any atom is 0.497 e. The van der Waals surface area contributed by atoms with Crippen LogP contribution in [-0.2, 0) is 9.84 Å². The highest BCUT2D eigenvalue weighted by Gasteiger charge is 2.86. The van der Waals surface area contributed by atoms with E-state index in [1.165, 1.54) is 0 Å². The van der Waals surface area contributed by atoms with E-state index < -0.39 is 25.5 Å². The van der Waals surface area contributed by atoms with E-state index in [4.69, 9.17) is 0 Å². The predicted molar refractivity (Wildman–Crippen MR) is 55.9 cm³/mol. The third-order valence-electron chi connectivity index (χ3n) is 4.85. The number of fused-ring (bicyclic) bond motifs is 3. The summed E-state index contributed by atoms with van der Waals surface area (Å²) < 4.78 is 60.5. The molecule has 6 heteroatoms. The molecular formula is C11H13F3O2S. The highest BCUT2D eigenvalue weighted by Crippen LogP contribution is 2.79. The van der Waals surface area contributed by atoms with Gasteiger partial charge in [-0.25, -0.2) is 8.42 Å². The second-order valence-corrected chi connectivity index (χ2v) is 7.46. The Labute approximate surface area is 97.8 Å². The van der Waals surface area contributed by atoms with Crippen molar-refractivity contribution in [2.75, 3.05) is 0 Å². The lowest BCUT2D eigenvalue weighted by Crippen LogP contribution is -2.39. The van der Waals surface area contributed by atoms with Crippen molar-refractivity contribution in [1.82, 2.24) is 0 Å². The first kappa shape index (κ1) is 11.6. The number of sulfone groups is 1. The summed E-state index contributed by atoms with van der Waals surface area (Å²) in [7, 11) is -5.04. The van der Waals surface area contributed by atoms with Gasteiger partial charge < -0.3 is 0 Å². The van der Waals surface area contributed by atoms with Gasteiger partial charge in [0.05, 0.1) is 4.75 Å². The van der Waals surface area contributed by atoms with Crippen LogP contribution in [0.4, 0.5) is 13.2 Å². The first-order valence-corrected chi connectivity index (χ1v) is 7.26. The summed E-state index contributed by atoms with van der Waals surface area (Å²) in [6.45, 7) is 0. The van der Waals surface area contributed by atoms with Crippen LogP contribution in [0.5, 0.6) is 0 Å². The molecule has 2 nitrogen and oxygen atoms in total. The van der Waals surface area contributed by atoms with Crippen LogP contribution in [0.25, 0.3) is 0 Å². The third kappa shape index (κ3) is 1.02. The molecule has 2 fully saturated rings. The lowest BCUT2D eigenvalue weighted by Gasteiger charge is -2.22. The minimum Gasteiger partial charge on any atom is -0.219 e. The van der Waals surface area contributed by atoms with Crippen LogP contribution in [0, 0.1) is 11.3 Å². The Balaban J connectivity index is 2.11. The zero-order chi connectivity index (χ0) is 12.5. The van der Waals surface area contributed by atoms with Crippen molar-refractivity contribution in [2.24, 2.45) is 11.3 Å². The molecule has 0 aromatic carbocycles. The van der Waals surface area contributed by atoms with Gasteiger partial charge in [-0.3, -0.25) is 0 Å². The van der Waals surface area contributed by atoms with Crippen LogP contribution >= 0.6 is 0 Å². The second kappa shape index (κ2) is 2.90. The molecule has 1 spiro atoms. The van der Waals surface area contributed by atoms with Gasteiger partial charge in [0.25, 0.3) is 9.84 Å². The molecule has 0 saturated heterocycles. The summed E-state index contributed by atoms with van der Waals surface area (Å²) in [5.74, 6) is -0.305. The maximum absolute atomic E-state index is 12.8. The summed E-state index contributed by atoms with van der Waals surface area (Å²) >= 11 is 0. The number of allylic oxidation sites excluding steroid dienone is 2. The quantitative estimate of drug-likeness (QED) is 0.684. The Hall–Kier alpha value is -0.520. The third-order valence-corrected chi connectivity index (χ3v) is 7.29. The van der Waals surface area contributed by atoms with E-state index >= 15 is 0 Å². The van der Waals surface area contributed by atoms with Crippen LogP contribution in [-0.4, -0.2) is 18.7 Å². The summed E-state index contributed by atoms with van der Waals surface area (Å²) in [5, 5.41) is 0. The SMILES string of the molecule is O=S(=O)(C(F)(F)F)[C@@]12CCC[C@@H]1C21C=CCC1. The lowest BCUT2D eigenvalue weighted by atomic mass is 9.95. The average molecular weight is 266 g/mol. The number of hydrogen-bond donors (Lipinski definition) is 0. The molecule has 0 aliphatic heterocycles. The fraction of sp³-hybridized carbons (Fsp3) is 0.818. The van der Waals surface area contributed by atoms with Gasteiger partial charge >= 0.3 is 5.51 Å². The van der Waals surface area contributed by atoms with Crippen LogP contribution in [0.15, 0.2) is 12.2 Å². The topological polar surface area (TPSA) is 34.1 Å². The molecule has 3 aliphatic carbocycles. The van der Waals surface area contributed by atoms with Gasteiger partial charge in [0.15, 0.2) is 0 Å². The first-order valence-electron chi connectivity index (χ1n) is 5.78. The normalized spacial score (nSPS) is 44.3. The molecule has 3 aliphatic rings. The van der Waals surface area contributed by atoms with E-state index in [0.717, 1.165) is 0 Å². The fourth-order valence-corrected chi connectivity index (χ4v) is 6.55. The molecule has 0 aromatic heterocycles. The summed E-state index contributed by atoms with van der Waals surface area (Å²) in [6, 6.07) is 0. The predicted octanol–water partition coefficient (Wildman–Crippen LogP) is 2.81. The molecule has 0 bridgehead atoms. The molecule has 0 heterocycles. The van der Waals surface area contributed by atoms with Gasteiger partial charge in [0.2, 0.25) is 0 Å². The Morgan fingerprint density at radius 2 is 1.94 bits per heavy atom. The summed E-state index contributed by atoms with van der Waals surface area (Å²) in [4.78, 5) is 0. The van der Waals surface area contributed by atoms with Gasteiger partial charge in [-0.15, -0.1) is 0 Å². The molecule has 1 unspecified atom stereocenters. The monoisotopic (exact) mass is 266 g/mol. The smallest absolute Gasteiger partial charge is 0.219 e. The van der Waals surface area contributed by atoms with Crippen molar-refractivity contribution in [3.8, 4) is 0 Å². The molecule has 0 aromatic rings. The Morgan fingerprint density at radius 3 is 2.47 bits per heavy atom. The van der Waals surface area contributed by atoms with E-state index in [2.05, 4.69) is 0 Å². The van der Waals surface area contributed by atoms with E-state index in [-0.39, 0.29) is 12.3 Å². The van der Waals surface area contributed by atoms with Gasteiger partial charge in [-0.2, -0.15) is 13.2 Å². The molecule has 0 N–H and O–H groups in total. The van der Waals surface area contributed by atoms with E-state index in [1.807, 2.05) is 6.08 Å². The van der Waals surface area contributed by atoms with Crippen molar-refractivity contribution < 1.29 is 21.6 Å². The van der Waals surface area contributed by atoms with Gasteiger partial charge in [0, 0.05) is 5.41 Å². The Kier molecular flexibility index (Phi) is 1.97. The van der Waals surface area contributed by atoms with Crippen LogP contribution < -0.4 is 0 Å². The molecule has 3 rings (SSSR count). The molecule has 96 valence electrons. The molecule has 17 heavy (non-hydrogen) atoms.